The molecule has 0 aliphatic heterocycles. The van der Waals surface area contributed by atoms with Crippen molar-refractivity contribution in [1.82, 2.24) is 4.90 Å². The maximum absolute atomic E-state index is 11.9. The van der Waals surface area contributed by atoms with E-state index < -0.39 is 17.7 Å². The Kier molecular flexibility index (Phi) is 4.09. The van der Waals surface area contributed by atoms with Crippen LogP contribution in [0.4, 0.5) is 13.2 Å². The summed E-state index contributed by atoms with van der Waals surface area (Å²) in [6.45, 7) is 2.61. The highest BCUT2D eigenvalue weighted by molar-refractivity contribution is 7.80. The Balaban J connectivity index is 4.66. The molecular weight excluding hydrogens is 231 g/mol. The van der Waals surface area contributed by atoms with Gasteiger partial charge in [0.25, 0.3) is 0 Å². The van der Waals surface area contributed by atoms with Gasteiger partial charge in [-0.2, -0.15) is 13.2 Å². The van der Waals surface area contributed by atoms with Crippen LogP contribution < -0.4 is 0 Å². The number of halogens is 3. The lowest BCUT2D eigenvalue weighted by Crippen LogP contribution is -2.46. The topological polar surface area (TPSA) is 29.5 Å². The summed E-state index contributed by atoms with van der Waals surface area (Å²) < 4.78 is 40.0. The van der Waals surface area contributed by atoms with Gasteiger partial charge < -0.3 is 9.64 Å². The molecule has 0 unspecified atom stereocenters. The van der Waals surface area contributed by atoms with E-state index >= 15 is 0 Å². The Bertz CT molecular complexity index is 274. The van der Waals surface area contributed by atoms with E-state index in [1.54, 1.807) is 14.1 Å². The van der Waals surface area contributed by atoms with Gasteiger partial charge in [0.1, 0.15) is 4.99 Å². The van der Waals surface area contributed by atoms with Crippen LogP contribution in [0.5, 0.6) is 0 Å². The van der Waals surface area contributed by atoms with Gasteiger partial charge in [-0.1, -0.05) is 12.2 Å². The molecule has 0 saturated heterocycles. The summed E-state index contributed by atoms with van der Waals surface area (Å²) in [7, 11) is 3.12. The number of carbonyl (C=O) groups is 1. The number of carbonyl (C=O) groups excluding carboxylic acids is 1. The Morgan fingerprint density at radius 3 is 1.93 bits per heavy atom. The molecule has 0 aromatic heterocycles. The van der Waals surface area contributed by atoms with Crippen molar-refractivity contribution in [3.05, 3.63) is 0 Å². The summed E-state index contributed by atoms with van der Waals surface area (Å²) in [6, 6.07) is 0. The summed E-state index contributed by atoms with van der Waals surface area (Å²) in [5.41, 5.74) is -1.45. The zero-order valence-electron chi connectivity index (χ0n) is 8.81. The molecule has 0 N–H and O–H groups in total. The van der Waals surface area contributed by atoms with Crippen LogP contribution in [0.1, 0.15) is 13.8 Å². The predicted octanol–water partition coefficient (Wildman–Crippen LogP) is 1.76. The van der Waals surface area contributed by atoms with Gasteiger partial charge in [0.15, 0.2) is 5.60 Å². The molecule has 0 aromatic carbocycles. The molecule has 7 heteroatoms. The lowest BCUT2D eigenvalue weighted by Gasteiger charge is -2.30. The summed E-state index contributed by atoms with van der Waals surface area (Å²) in [5, 5.41) is 0. The lowest BCUT2D eigenvalue weighted by atomic mass is 10.1. The van der Waals surface area contributed by atoms with Gasteiger partial charge in [-0.3, -0.25) is 0 Å². The van der Waals surface area contributed by atoms with Crippen molar-refractivity contribution < 1.29 is 22.7 Å². The molecule has 15 heavy (non-hydrogen) atoms. The number of thiocarbonyl (C=S) groups is 1. The Morgan fingerprint density at radius 2 is 1.67 bits per heavy atom. The van der Waals surface area contributed by atoms with E-state index in [0.717, 1.165) is 0 Å². The van der Waals surface area contributed by atoms with Gasteiger partial charge in [0, 0.05) is 14.1 Å². The smallest absolute Gasteiger partial charge is 0.446 e. The minimum atomic E-state index is -5.00. The highest BCUT2D eigenvalue weighted by Crippen LogP contribution is 2.22. The molecule has 0 heterocycles. The second kappa shape index (κ2) is 4.34. The molecule has 0 spiro atoms. The van der Waals surface area contributed by atoms with E-state index in [2.05, 4.69) is 4.74 Å². The highest BCUT2D eigenvalue weighted by Gasteiger charge is 2.45. The first-order valence-electron chi connectivity index (χ1n) is 4.00. The average Bonchev–Trinajstić information content (AvgIpc) is 2.00. The van der Waals surface area contributed by atoms with Crippen molar-refractivity contribution in [1.29, 1.82) is 0 Å². The van der Waals surface area contributed by atoms with Crippen molar-refractivity contribution in [3.8, 4) is 0 Å². The van der Waals surface area contributed by atoms with Crippen molar-refractivity contribution in [3.63, 3.8) is 0 Å². The molecule has 0 rings (SSSR count). The summed E-state index contributed by atoms with van der Waals surface area (Å²) in [6.07, 6.45) is -5.00. The Labute approximate surface area is 91.2 Å². The molecule has 88 valence electrons. The number of alkyl halides is 3. The second-order valence-corrected chi connectivity index (χ2v) is 3.98. The zero-order chi connectivity index (χ0) is 12.4. The molecule has 0 fully saturated rings. The number of hydrogen-bond acceptors (Lipinski definition) is 3. The maximum atomic E-state index is 11.9. The Hall–Kier alpha value is -0.850. The molecular formula is C8H12F3NO2S. The largest absolute Gasteiger partial charge is 0.490 e. The Morgan fingerprint density at radius 1 is 1.27 bits per heavy atom. The third kappa shape index (κ3) is 4.03. The van der Waals surface area contributed by atoms with Crippen LogP contribution in [0.25, 0.3) is 0 Å². The minimum Gasteiger partial charge on any atom is -0.446 e. The first kappa shape index (κ1) is 14.2. The fourth-order valence-electron chi connectivity index (χ4n) is 0.872. The average molecular weight is 243 g/mol. The van der Waals surface area contributed by atoms with Crippen molar-refractivity contribution in [2.24, 2.45) is 0 Å². The van der Waals surface area contributed by atoms with Gasteiger partial charge in [-0.05, 0) is 13.8 Å². The van der Waals surface area contributed by atoms with E-state index in [9.17, 15) is 18.0 Å². The van der Waals surface area contributed by atoms with Gasteiger partial charge in [-0.15, -0.1) is 0 Å². The molecule has 0 saturated carbocycles. The number of esters is 1. The van der Waals surface area contributed by atoms with Crippen molar-refractivity contribution in [2.75, 3.05) is 14.1 Å². The maximum Gasteiger partial charge on any atom is 0.490 e. The number of nitrogens with zero attached hydrogens (tertiary/aromatic N) is 1. The second-order valence-electron chi connectivity index (χ2n) is 3.60. The fraction of sp³-hybridized carbons (Fsp3) is 0.750. The van der Waals surface area contributed by atoms with Gasteiger partial charge in [0.2, 0.25) is 0 Å². The molecule has 0 aliphatic rings. The summed E-state index contributed by atoms with van der Waals surface area (Å²) >= 11 is 4.84. The molecule has 0 radical (unpaired) electrons. The normalized spacial score (nSPS) is 12.2. The first-order valence-corrected chi connectivity index (χ1v) is 4.41. The number of rotatable bonds is 2. The SMILES string of the molecule is CN(C)C(=S)C(C)(C)OC(=O)C(F)(F)F. The van der Waals surface area contributed by atoms with E-state index in [1.165, 1.54) is 18.7 Å². The molecule has 0 amide bonds. The molecule has 0 aliphatic carbocycles. The van der Waals surface area contributed by atoms with Gasteiger partial charge >= 0.3 is 12.1 Å². The van der Waals surface area contributed by atoms with E-state index in [-0.39, 0.29) is 4.99 Å². The van der Waals surface area contributed by atoms with Crippen molar-refractivity contribution >= 4 is 23.2 Å². The number of hydrogen-bond donors (Lipinski definition) is 0. The molecule has 3 nitrogen and oxygen atoms in total. The van der Waals surface area contributed by atoms with Crippen LogP contribution in [-0.4, -0.2) is 41.7 Å². The molecule has 0 aromatic rings. The summed E-state index contributed by atoms with van der Waals surface area (Å²) in [5.74, 6) is -2.24. The van der Waals surface area contributed by atoms with Crippen LogP contribution in [0.3, 0.4) is 0 Å². The monoisotopic (exact) mass is 243 g/mol. The predicted molar refractivity (Wildman–Crippen MR) is 52.5 cm³/mol. The van der Waals surface area contributed by atoms with Gasteiger partial charge in [-0.25, -0.2) is 4.79 Å². The van der Waals surface area contributed by atoms with Crippen LogP contribution in [0.15, 0.2) is 0 Å². The minimum absolute atomic E-state index is 0.111. The first-order chi connectivity index (χ1) is 6.48. The fourth-order valence-corrected chi connectivity index (χ4v) is 0.913. The third-order valence-corrected chi connectivity index (χ3v) is 2.36. The summed E-state index contributed by atoms with van der Waals surface area (Å²) in [4.78, 5) is 12.1. The van der Waals surface area contributed by atoms with E-state index in [1.807, 2.05) is 0 Å². The number of likely N-dealkylation sites (N-methyl/N-ethyl adjacent to an activating group) is 1. The lowest BCUT2D eigenvalue weighted by molar-refractivity contribution is -0.207. The highest BCUT2D eigenvalue weighted by atomic mass is 32.1. The molecule has 0 bridgehead atoms. The van der Waals surface area contributed by atoms with Gasteiger partial charge in [0.05, 0.1) is 0 Å². The zero-order valence-corrected chi connectivity index (χ0v) is 9.62. The van der Waals surface area contributed by atoms with Crippen LogP contribution in [0, 0.1) is 0 Å². The van der Waals surface area contributed by atoms with Crippen molar-refractivity contribution in [2.45, 2.75) is 25.6 Å². The quantitative estimate of drug-likeness (QED) is 0.546. The van der Waals surface area contributed by atoms with E-state index in [4.69, 9.17) is 12.2 Å². The standard InChI is InChI=1S/C8H12F3NO2S/c1-7(2,5(15)12(3)4)14-6(13)8(9,10)11/h1-4H3. The third-order valence-electron chi connectivity index (χ3n) is 1.50. The van der Waals surface area contributed by atoms with E-state index in [0.29, 0.717) is 0 Å². The molecule has 0 atom stereocenters. The number of ether oxygens (including phenoxy) is 1. The van der Waals surface area contributed by atoms with Crippen LogP contribution in [0.2, 0.25) is 0 Å². The van der Waals surface area contributed by atoms with Crippen LogP contribution in [-0.2, 0) is 9.53 Å². The van der Waals surface area contributed by atoms with Crippen LogP contribution >= 0.6 is 12.2 Å².